The third-order valence-corrected chi connectivity index (χ3v) is 7.12. The molecule has 0 aliphatic rings. The lowest BCUT2D eigenvalue weighted by Crippen LogP contribution is -2.51. The monoisotopic (exact) mass is 591 g/mol. The molecule has 0 saturated carbocycles. The molecule has 0 bridgehead atoms. The minimum Gasteiger partial charge on any atom is -0.354 e. The van der Waals surface area contributed by atoms with Crippen LogP contribution in [0.4, 0.5) is 5.69 Å². The predicted molar refractivity (Wildman–Crippen MR) is 141 cm³/mol. The maximum atomic E-state index is 13.5. The van der Waals surface area contributed by atoms with E-state index in [2.05, 4.69) is 21.2 Å². The van der Waals surface area contributed by atoms with Crippen molar-refractivity contribution in [1.82, 2.24) is 10.2 Å². The Balaban J connectivity index is 2.38. The number of anilines is 1. The molecule has 2 aromatic rings. The summed E-state index contributed by atoms with van der Waals surface area (Å²) in [4.78, 5) is 27.6. The smallest absolute Gasteiger partial charge is 0.244 e. The number of benzene rings is 2. The molecule has 0 radical (unpaired) electrons. The number of unbranched alkanes of at least 4 members (excludes halogenated alkanes) is 1. The van der Waals surface area contributed by atoms with E-state index in [1.54, 1.807) is 6.92 Å². The number of sulfonamides is 1. The zero-order valence-corrected chi connectivity index (χ0v) is 23.1. The summed E-state index contributed by atoms with van der Waals surface area (Å²) < 4.78 is 26.9. The van der Waals surface area contributed by atoms with E-state index in [1.807, 2.05) is 31.2 Å². The molecule has 34 heavy (non-hydrogen) atoms. The van der Waals surface area contributed by atoms with Crippen LogP contribution in [0.15, 0.2) is 46.9 Å². The molecule has 0 aliphatic carbocycles. The first-order valence-corrected chi connectivity index (χ1v) is 14.1. The van der Waals surface area contributed by atoms with Crippen molar-refractivity contribution < 1.29 is 18.0 Å². The van der Waals surface area contributed by atoms with E-state index in [-0.39, 0.29) is 28.2 Å². The molecule has 0 saturated heterocycles. The molecule has 2 amide bonds. The summed E-state index contributed by atoms with van der Waals surface area (Å²) in [6.07, 6.45) is 2.73. The lowest BCUT2D eigenvalue weighted by Gasteiger charge is -2.31. The average Bonchev–Trinajstić information content (AvgIpc) is 2.73. The van der Waals surface area contributed by atoms with Crippen molar-refractivity contribution in [2.24, 2.45) is 0 Å². The van der Waals surface area contributed by atoms with E-state index in [0.717, 1.165) is 33.4 Å². The van der Waals surface area contributed by atoms with Gasteiger partial charge in [0.25, 0.3) is 0 Å². The molecule has 7 nitrogen and oxygen atoms in total. The lowest BCUT2D eigenvalue weighted by atomic mass is 10.1. The molecule has 0 fully saturated rings. The summed E-state index contributed by atoms with van der Waals surface area (Å²) in [6, 6.07) is 10.8. The Morgan fingerprint density at radius 3 is 2.32 bits per heavy atom. The molecular weight excluding hydrogens is 565 g/mol. The van der Waals surface area contributed by atoms with Gasteiger partial charge in [0.15, 0.2) is 0 Å². The fraction of sp³-hybridized carbons (Fsp3) is 0.391. The quantitative estimate of drug-likeness (QED) is 0.378. The highest BCUT2D eigenvalue weighted by Crippen LogP contribution is 2.27. The second kappa shape index (κ2) is 12.8. The molecular formula is C23H28BrCl2N3O4S. The number of rotatable bonds is 11. The van der Waals surface area contributed by atoms with Crippen LogP contribution in [0.1, 0.15) is 32.3 Å². The minimum atomic E-state index is -3.86. The summed E-state index contributed by atoms with van der Waals surface area (Å²) >= 11 is 15.5. The molecule has 1 atom stereocenters. The lowest BCUT2D eigenvalue weighted by molar-refractivity contribution is -0.139. The van der Waals surface area contributed by atoms with Crippen LogP contribution in [0.3, 0.4) is 0 Å². The molecule has 186 valence electrons. The normalized spacial score (nSPS) is 12.2. The van der Waals surface area contributed by atoms with Crippen LogP contribution in [0.2, 0.25) is 10.0 Å². The molecule has 0 aliphatic heterocycles. The Morgan fingerprint density at radius 1 is 1.12 bits per heavy atom. The molecule has 0 heterocycles. The topological polar surface area (TPSA) is 86.8 Å². The van der Waals surface area contributed by atoms with Gasteiger partial charge in [0.05, 0.1) is 11.9 Å². The Morgan fingerprint density at radius 2 is 1.76 bits per heavy atom. The van der Waals surface area contributed by atoms with Gasteiger partial charge in [-0.2, -0.15) is 0 Å². The molecule has 11 heteroatoms. The average molecular weight is 593 g/mol. The standard InChI is InChI=1S/C23H28BrCl2N3O4S/c1-4-5-9-27-23(31)16(2)28(14-17-7-6-8-18(24)10-17)22(30)15-29(34(3,32)33)21-12-19(25)11-20(26)13-21/h6-8,10-13,16H,4-5,9,14-15H2,1-3H3,(H,27,31)/t16-/m1/s1. The van der Waals surface area contributed by atoms with Gasteiger partial charge in [0.1, 0.15) is 12.6 Å². The van der Waals surface area contributed by atoms with E-state index >= 15 is 0 Å². The SMILES string of the molecule is CCCCNC(=O)[C@@H](C)N(Cc1cccc(Br)c1)C(=O)CN(c1cc(Cl)cc(Cl)c1)S(C)(=O)=O. The number of hydrogen-bond acceptors (Lipinski definition) is 4. The van der Waals surface area contributed by atoms with Crippen LogP contribution in [-0.4, -0.2) is 50.5 Å². The van der Waals surface area contributed by atoms with Gasteiger partial charge in [0.2, 0.25) is 21.8 Å². The van der Waals surface area contributed by atoms with E-state index < -0.39 is 28.5 Å². The van der Waals surface area contributed by atoms with E-state index in [0.29, 0.717) is 6.54 Å². The van der Waals surface area contributed by atoms with Crippen molar-refractivity contribution in [2.45, 2.75) is 39.3 Å². The number of halogens is 3. The van der Waals surface area contributed by atoms with Gasteiger partial charge >= 0.3 is 0 Å². The first-order valence-electron chi connectivity index (χ1n) is 10.7. The van der Waals surface area contributed by atoms with Crippen LogP contribution in [0.5, 0.6) is 0 Å². The highest BCUT2D eigenvalue weighted by molar-refractivity contribution is 9.10. The molecule has 0 unspecified atom stereocenters. The number of carbonyl (C=O) groups is 2. The molecule has 0 spiro atoms. The number of hydrogen-bond donors (Lipinski definition) is 1. The first kappa shape index (κ1) is 28.4. The Bertz CT molecular complexity index is 1110. The van der Waals surface area contributed by atoms with Crippen LogP contribution in [0.25, 0.3) is 0 Å². The summed E-state index contributed by atoms with van der Waals surface area (Å²) in [6.45, 7) is 3.73. The van der Waals surface area contributed by atoms with Gasteiger partial charge in [-0.15, -0.1) is 0 Å². The zero-order chi connectivity index (χ0) is 25.5. The fourth-order valence-electron chi connectivity index (χ4n) is 3.25. The molecule has 2 rings (SSSR count). The van der Waals surface area contributed by atoms with Gasteiger partial charge in [-0.3, -0.25) is 13.9 Å². The second-order valence-electron chi connectivity index (χ2n) is 7.87. The summed E-state index contributed by atoms with van der Waals surface area (Å²) in [5.74, 6) is -0.854. The van der Waals surface area contributed by atoms with Gasteiger partial charge < -0.3 is 10.2 Å². The van der Waals surface area contributed by atoms with Crippen molar-refractivity contribution in [3.8, 4) is 0 Å². The van der Waals surface area contributed by atoms with Crippen LogP contribution in [-0.2, 0) is 26.2 Å². The summed E-state index contributed by atoms with van der Waals surface area (Å²) in [5.41, 5.74) is 0.948. The zero-order valence-electron chi connectivity index (χ0n) is 19.2. The summed E-state index contributed by atoms with van der Waals surface area (Å²) in [7, 11) is -3.86. The van der Waals surface area contributed by atoms with Gasteiger partial charge in [-0.05, 0) is 49.2 Å². The largest absolute Gasteiger partial charge is 0.354 e. The van der Waals surface area contributed by atoms with Gasteiger partial charge in [-0.1, -0.05) is 64.6 Å². The van der Waals surface area contributed by atoms with E-state index in [9.17, 15) is 18.0 Å². The number of amides is 2. The van der Waals surface area contributed by atoms with Gasteiger partial charge in [-0.25, -0.2) is 8.42 Å². The fourth-order valence-corrected chi connectivity index (χ4v) is 5.04. The maximum absolute atomic E-state index is 13.5. The van der Waals surface area contributed by atoms with Gasteiger partial charge in [0, 0.05) is 27.6 Å². The Kier molecular flexibility index (Phi) is 10.7. The maximum Gasteiger partial charge on any atom is 0.244 e. The van der Waals surface area contributed by atoms with E-state index in [4.69, 9.17) is 23.2 Å². The first-order chi connectivity index (χ1) is 15.9. The number of nitrogens with zero attached hydrogens (tertiary/aromatic N) is 2. The van der Waals surface area contributed by atoms with Crippen molar-refractivity contribution >= 4 is 66.7 Å². The third kappa shape index (κ3) is 8.45. The molecule has 0 aromatic heterocycles. The van der Waals surface area contributed by atoms with Crippen molar-refractivity contribution in [1.29, 1.82) is 0 Å². The minimum absolute atomic E-state index is 0.120. The van der Waals surface area contributed by atoms with Crippen molar-refractivity contribution in [3.63, 3.8) is 0 Å². The van der Waals surface area contributed by atoms with Crippen molar-refractivity contribution in [2.75, 3.05) is 23.7 Å². The third-order valence-electron chi connectivity index (χ3n) is 5.05. The highest BCUT2D eigenvalue weighted by atomic mass is 79.9. The van der Waals surface area contributed by atoms with E-state index in [1.165, 1.54) is 23.1 Å². The number of nitrogens with one attached hydrogen (secondary N) is 1. The molecule has 2 aromatic carbocycles. The van der Waals surface area contributed by atoms with Crippen LogP contribution in [0, 0.1) is 0 Å². The highest BCUT2D eigenvalue weighted by Gasteiger charge is 2.30. The second-order valence-corrected chi connectivity index (χ2v) is 11.6. The van der Waals surface area contributed by atoms with Crippen LogP contribution < -0.4 is 9.62 Å². The Labute approximate surface area is 219 Å². The predicted octanol–water partition coefficient (Wildman–Crippen LogP) is 4.86. The van der Waals surface area contributed by atoms with Crippen LogP contribution >= 0.6 is 39.1 Å². The van der Waals surface area contributed by atoms with Crippen molar-refractivity contribution in [3.05, 3.63) is 62.5 Å². The number of carbonyl (C=O) groups excluding carboxylic acids is 2. The molecule has 1 N–H and O–H groups in total. The summed E-state index contributed by atoms with van der Waals surface area (Å²) in [5, 5.41) is 3.31. The Hall–Kier alpha value is -1.81.